The molecule has 132 valence electrons. The predicted octanol–water partition coefficient (Wildman–Crippen LogP) is 2.39. The lowest BCUT2D eigenvalue weighted by Gasteiger charge is -2.27. The summed E-state index contributed by atoms with van der Waals surface area (Å²) in [5, 5.41) is 6.87. The third kappa shape index (κ3) is 7.12. The summed E-state index contributed by atoms with van der Waals surface area (Å²) in [6.45, 7) is 9.85. The highest BCUT2D eigenvalue weighted by Gasteiger charge is 2.24. The number of halogens is 1. The zero-order chi connectivity index (χ0) is 15.8. The van der Waals surface area contributed by atoms with Crippen LogP contribution in [0.25, 0.3) is 0 Å². The number of likely N-dealkylation sites (tertiary alicyclic amines) is 1. The molecule has 2 rings (SSSR count). The molecule has 1 saturated heterocycles. The van der Waals surface area contributed by atoms with Gasteiger partial charge in [-0.05, 0) is 37.4 Å². The van der Waals surface area contributed by atoms with Crippen LogP contribution >= 0.6 is 24.0 Å². The van der Waals surface area contributed by atoms with Crippen LogP contribution in [0.4, 0.5) is 0 Å². The zero-order valence-corrected chi connectivity index (χ0v) is 17.0. The second-order valence-electron chi connectivity index (χ2n) is 6.49. The fourth-order valence-electron chi connectivity index (χ4n) is 3.09. The monoisotopic (exact) mass is 433 g/mol. The Morgan fingerprint density at radius 3 is 2.65 bits per heavy atom. The van der Waals surface area contributed by atoms with Crippen molar-refractivity contribution in [3.63, 3.8) is 0 Å². The molecule has 0 saturated carbocycles. The van der Waals surface area contributed by atoms with Gasteiger partial charge in [0.1, 0.15) is 0 Å². The molecule has 1 aliphatic heterocycles. The maximum Gasteiger partial charge on any atom is 0.191 e. The average Bonchev–Trinajstić information content (AvgIpc) is 3.14. The maximum atomic E-state index is 4.32. The van der Waals surface area contributed by atoms with E-state index in [1.165, 1.54) is 25.9 Å². The second-order valence-corrected chi connectivity index (χ2v) is 6.49. The van der Waals surface area contributed by atoms with E-state index in [4.69, 9.17) is 0 Å². The number of nitrogens with one attached hydrogen (secondary N) is 2. The van der Waals surface area contributed by atoms with Gasteiger partial charge in [-0.1, -0.05) is 13.8 Å². The third-order valence-electron chi connectivity index (χ3n) is 4.16. The average molecular weight is 433 g/mol. The van der Waals surface area contributed by atoms with E-state index in [0.29, 0.717) is 6.04 Å². The Kier molecular flexibility index (Phi) is 9.62. The van der Waals surface area contributed by atoms with Crippen LogP contribution in [0, 0.1) is 5.92 Å². The molecule has 2 heterocycles. The molecule has 1 aromatic rings. The Morgan fingerprint density at radius 1 is 1.26 bits per heavy atom. The number of hydrogen-bond acceptors (Lipinski definition) is 2. The van der Waals surface area contributed by atoms with E-state index in [0.717, 1.165) is 31.5 Å². The van der Waals surface area contributed by atoms with Gasteiger partial charge in [0.15, 0.2) is 5.96 Å². The van der Waals surface area contributed by atoms with E-state index in [2.05, 4.69) is 63.5 Å². The van der Waals surface area contributed by atoms with Gasteiger partial charge in [0.2, 0.25) is 0 Å². The highest BCUT2D eigenvalue weighted by atomic mass is 127. The zero-order valence-electron chi connectivity index (χ0n) is 14.7. The molecule has 2 N–H and O–H groups in total. The van der Waals surface area contributed by atoms with Crippen LogP contribution in [0.15, 0.2) is 29.5 Å². The molecule has 0 aliphatic carbocycles. The van der Waals surface area contributed by atoms with Crippen molar-refractivity contribution in [2.45, 2.75) is 39.3 Å². The number of aliphatic imine (C=N–C) groups is 1. The Balaban J connectivity index is 0.00000264. The Hall–Kier alpha value is -0.760. The predicted molar refractivity (Wildman–Crippen MR) is 109 cm³/mol. The summed E-state index contributed by atoms with van der Waals surface area (Å²) in [5.74, 6) is 1.64. The maximum absolute atomic E-state index is 4.32. The smallest absolute Gasteiger partial charge is 0.191 e. The molecule has 1 atom stereocenters. The Bertz CT molecular complexity index is 444. The molecule has 0 spiro atoms. The minimum atomic E-state index is 0. The molecule has 1 aromatic heterocycles. The summed E-state index contributed by atoms with van der Waals surface area (Å²) in [7, 11) is 1.84. The topological polar surface area (TPSA) is 44.6 Å². The minimum absolute atomic E-state index is 0. The standard InChI is InChI=1S/C17H31N5.HI/c1-15(2)14-22-11-6-7-16(22)13-20-17(18-3)19-8-12-21-9-4-5-10-21;/h4-5,9-10,15-16H,6-8,11-14H2,1-3H3,(H2,18,19,20);1H/t16-;/m1./s1. The molecule has 0 bridgehead atoms. The van der Waals surface area contributed by atoms with Gasteiger partial charge in [-0.15, -0.1) is 24.0 Å². The van der Waals surface area contributed by atoms with E-state index in [1.807, 2.05) is 7.05 Å². The van der Waals surface area contributed by atoms with Gasteiger partial charge in [0.05, 0.1) is 0 Å². The van der Waals surface area contributed by atoms with Crippen molar-refractivity contribution >= 4 is 29.9 Å². The Morgan fingerprint density at radius 2 is 2.00 bits per heavy atom. The van der Waals surface area contributed by atoms with Crippen LogP contribution in [-0.2, 0) is 6.54 Å². The largest absolute Gasteiger partial charge is 0.355 e. The molecule has 0 radical (unpaired) electrons. The summed E-state index contributed by atoms with van der Waals surface area (Å²) >= 11 is 0. The lowest BCUT2D eigenvalue weighted by atomic mass is 10.1. The van der Waals surface area contributed by atoms with Gasteiger partial charge >= 0.3 is 0 Å². The van der Waals surface area contributed by atoms with E-state index in [9.17, 15) is 0 Å². The minimum Gasteiger partial charge on any atom is -0.355 e. The van der Waals surface area contributed by atoms with E-state index in [-0.39, 0.29) is 24.0 Å². The van der Waals surface area contributed by atoms with E-state index < -0.39 is 0 Å². The van der Waals surface area contributed by atoms with Gasteiger partial charge in [0, 0.05) is 51.7 Å². The van der Waals surface area contributed by atoms with Gasteiger partial charge in [-0.3, -0.25) is 9.89 Å². The fraction of sp³-hybridized carbons (Fsp3) is 0.706. The third-order valence-corrected chi connectivity index (χ3v) is 4.16. The lowest BCUT2D eigenvalue weighted by Crippen LogP contribution is -2.46. The van der Waals surface area contributed by atoms with Gasteiger partial charge < -0.3 is 15.2 Å². The number of aromatic nitrogens is 1. The van der Waals surface area contributed by atoms with Gasteiger partial charge in [-0.25, -0.2) is 0 Å². The van der Waals surface area contributed by atoms with Crippen LogP contribution in [-0.4, -0.2) is 54.7 Å². The van der Waals surface area contributed by atoms with E-state index in [1.54, 1.807) is 0 Å². The summed E-state index contributed by atoms with van der Waals surface area (Å²) in [6, 6.07) is 4.75. The quantitative estimate of drug-likeness (QED) is 0.395. The van der Waals surface area contributed by atoms with E-state index >= 15 is 0 Å². The van der Waals surface area contributed by atoms with Crippen LogP contribution in [0.3, 0.4) is 0 Å². The van der Waals surface area contributed by atoms with Crippen molar-refractivity contribution in [2.24, 2.45) is 10.9 Å². The number of guanidine groups is 1. The molecule has 0 aromatic carbocycles. The molecule has 0 amide bonds. The SMILES string of the molecule is CN=C(NCCn1cccc1)NC[C@H]1CCCN1CC(C)C.I. The summed E-state index contributed by atoms with van der Waals surface area (Å²) in [6.07, 6.45) is 6.78. The van der Waals surface area contributed by atoms with Gasteiger partial charge in [0.25, 0.3) is 0 Å². The summed E-state index contributed by atoms with van der Waals surface area (Å²) < 4.78 is 2.17. The normalized spacial score (nSPS) is 19.0. The first-order valence-corrected chi connectivity index (χ1v) is 8.48. The highest BCUT2D eigenvalue weighted by molar-refractivity contribution is 14.0. The van der Waals surface area contributed by atoms with Crippen molar-refractivity contribution in [1.29, 1.82) is 0 Å². The molecule has 1 aliphatic rings. The highest BCUT2D eigenvalue weighted by Crippen LogP contribution is 2.17. The molecule has 6 heteroatoms. The Labute approximate surface area is 157 Å². The summed E-state index contributed by atoms with van der Waals surface area (Å²) in [4.78, 5) is 6.94. The molecule has 1 fully saturated rings. The first-order chi connectivity index (χ1) is 10.7. The van der Waals surface area contributed by atoms with Crippen molar-refractivity contribution in [1.82, 2.24) is 20.1 Å². The molecule has 23 heavy (non-hydrogen) atoms. The molecular weight excluding hydrogens is 401 g/mol. The van der Waals surface area contributed by atoms with Gasteiger partial charge in [-0.2, -0.15) is 0 Å². The number of nitrogens with zero attached hydrogens (tertiary/aromatic N) is 3. The lowest BCUT2D eigenvalue weighted by molar-refractivity contribution is 0.226. The first-order valence-electron chi connectivity index (χ1n) is 8.48. The second kappa shape index (κ2) is 10.9. The van der Waals surface area contributed by atoms with Crippen LogP contribution in [0.1, 0.15) is 26.7 Å². The molecule has 5 nitrogen and oxygen atoms in total. The van der Waals surface area contributed by atoms with Crippen molar-refractivity contribution < 1.29 is 0 Å². The first kappa shape index (κ1) is 20.3. The van der Waals surface area contributed by atoms with Crippen molar-refractivity contribution in [3.05, 3.63) is 24.5 Å². The fourth-order valence-corrected chi connectivity index (χ4v) is 3.09. The number of rotatable bonds is 7. The van der Waals surface area contributed by atoms with Crippen LogP contribution in [0.5, 0.6) is 0 Å². The summed E-state index contributed by atoms with van der Waals surface area (Å²) in [5.41, 5.74) is 0. The van der Waals surface area contributed by atoms with Crippen LogP contribution < -0.4 is 10.6 Å². The van der Waals surface area contributed by atoms with Crippen LogP contribution in [0.2, 0.25) is 0 Å². The molecule has 0 unspecified atom stereocenters. The molecular formula is C17H32IN5. The van der Waals surface area contributed by atoms with Crippen molar-refractivity contribution in [2.75, 3.05) is 33.2 Å². The number of hydrogen-bond donors (Lipinski definition) is 2. The van der Waals surface area contributed by atoms with Crippen molar-refractivity contribution in [3.8, 4) is 0 Å².